The Morgan fingerprint density at radius 2 is 2.43 bits per heavy atom. The lowest BCUT2D eigenvalue weighted by molar-refractivity contribution is 1.31. The molecule has 0 aliphatic rings. The first-order valence-electron chi connectivity index (χ1n) is 4.20. The van der Waals surface area contributed by atoms with Crippen LogP contribution in [0.2, 0.25) is 5.02 Å². The molecule has 1 heterocycles. The zero-order valence-electron chi connectivity index (χ0n) is 7.46. The van der Waals surface area contributed by atoms with E-state index in [1.54, 1.807) is 17.4 Å². The molecule has 0 radical (unpaired) electrons. The van der Waals surface area contributed by atoms with Crippen molar-refractivity contribution in [2.45, 2.75) is 0 Å². The highest BCUT2D eigenvalue weighted by molar-refractivity contribution is 7.22. The number of anilines is 1. The van der Waals surface area contributed by atoms with Crippen molar-refractivity contribution < 1.29 is 0 Å². The Morgan fingerprint density at radius 3 is 3.21 bits per heavy atom. The average Bonchev–Trinajstić information content (AvgIpc) is 2.56. The van der Waals surface area contributed by atoms with Gasteiger partial charge in [0.05, 0.1) is 10.2 Å². The minimum absolute atomic E-state index is 0.730. The molecular weight excluding hydrogens is 216 g/mol. The first kappa shape index (κ1) is 9.49. The van der Waals surface area contributed by atoms with E-state index in [0.717, 1.165) is 26.9 Å². The number of benzene rings is 1. The Bertz CT molecular complexity index is 464. The molecule has 0 saturated heterocycles. The smallest absolute Gasteiger partial charge is 0.184 e. The number of rotatable bonds is 3. The molecule has 1 aromatic carbocycles. The molecule has 1 N–H and O–H groups in total. The van der Waals surface area contributed by atoms with Gasteiger partial charge in [0.2, 0.25) is 0 Å². The number of aromatic nitrogens is 1. The third-order valence-electron chi connectivity index (χ3n) is 1.75. The van der Waals surface area contributed by atoms with Crippen molar-refractivity contribution in [1.82, 2.24) is 4.98 Å². The molecule has 0 spiro atoms. The van der Waals surface area contributed by atoms with Crippen LogP contribution in [0.3, 0.4) is 0 Å². The van der Waals surface area contributed by atoms with Crippen LogP contribution in [0.15, 0.2) is 30.9 Å². The molecule has 14 heavy (non-hydrogen) atoms. The van der Waals surface area contributed by atoms with Gasteiger partial charge in [0.1, 0.15) is 0 Å². The molecule has 0 amide bonds. The number of halogens is 1. The van der Waals surface area contributed by atoms with Gasteiger partial charge in [-0.1, -0.05) is 29.0 Å². The van der Waals surface area contributed by atoms with Gasteiger partial charge in [-0.15, -0.1) is 6.58 Å². The maximum Gasteiger partial charge on any atom is 0.184 e. The molecule has 0 unspecified atom stereocenters. The van der Waals surface area contributed by atoms with Crippen molar-refractivity contribution >= 4 is 38.3 Å². The van der Waals surface area contributed by atoms with E-state index in [9.17, 15) is 0 Å². The lowest BCUT2D eigenvalue weighted by Crippen LogP contribution is -1.95. The molecule has 2 aromatic rings. The standard InChI is InChI=1S/C10H9ClN2S/c1-2-5-12-10-13-8-4-3-7(11)6-9(8)14-10/h2-4,6H,1,5H2,(H,12,13). The first-order chi connectivity index (χ1) is 6.79. The van der Waals surface area contributed by atoms with Gasteiger partial charge in [0, 0.05) is 11.6 Å². The Labute approximate surface area is 91.2 Å². The third-order valence-corrected chi connectivity index (χ3v) is 2.96. The number of thiazole rings is 1. The summed E-state index contributed by atoms with van der Waals surface area (Å²) in [4.78, 5) is 4.39. The molecule has 4 heteroatoms. The minimum atomic E-state index is 0.730. The van der Waals surface area contributed by atoms with Crippen LogP contribution < -0.4 is 5.32 Å². The summed E-state index contributed by atoms with van der Waals surface area (Å²) in [6, 6.07) is 5.70. The highest BCUT2D eigenvalue weighted by Gasteiger charge is 2.02. The summed E-state index contributed by atoms with van der Waals surface area (Å²) in [5.74, 6) is 0. The van der Waals surface area contributed by atoms with Crippen molar-refractivity contribution in [1.29, 1.82) is 0 Å². The Hall–Kier alpha value is -1.06. The SMILES string of the molecule is C=CCNc1nc2ccc(Cl)cc2s1. The van der Waals surface area contributed by atoms with E-state index in [-0.39, 0.29) is 0 Å². The normalized spacial score (nSPS) is 10.4. The summed E-state index contributed by atoms with van der Waals surface area (Å²) in [6.45, 7) is 4.37. The van der Waals surface area contributed by atoms with Crippen LogP contribution in [0.25, 0.3) is 10.2 Å². The van der Waals surface area contributed by atoms with Crippen LogP contribution in [0, 0.1) is 0 Å². The number of hydrogen-bond donors (Lipinski definition) is 1. The molecule has 2 nitrogen and oxygen atoms in total. The topological polar surface area (TPSA) is 24.9 Å². The second-order valence-electron chi connectivity index (χ2n) is 2.80. The van der Waals surface area contributed by atoms with Crippen LogP contribution in [0.5, 0.6) is 0 Å². The fraction of sp³-hybridized carbons (Fsp3) is 0.100. The molecule has 0 bridgehead atoms. The predicted molar refractivity (Wildman–Crippen MR) is 63.3 cm³/mol. The van der Waals surface area contributed by atoms with Gasteiger partial charge in [-0.2, -0.15) is 0 Å². The lowest BCUT2D eigenvalue weighted by Gasteiger charge is -1.93. The average molecular weight is 225 g/mol. The maximum absolute atomic E-state index is 5.87. The quantitative estimate of drug-likeness (QED) is 0.807. The molecule has 0 aliphatic carbocycles. The van der Waals surface area contributed by atoms with Gasteiger partial charge in [-0.3, -0.25) is 0 Å². The van der Waals surface area contributed by atoms with Gasteiger partial charge in [-0.05, 0) is 18.2 Å². The van der Waals surface area contributed by atoms with E-state index < -0.39 is 0 Å². The minimum Gasteiger partial charge on any atom is -0.358 e. The summed E-state index contributed by atoms with van der Waals surface area (Å²) >= 11 is 7.47. The summed E-state index contributed by atoms with van der Waals surface area (Å²) in [6.07, 6.45) is 1.80. The second kappa shape index (κ2) is 3.98. The molecule has 0 saturated carbocycles. The van der Waals surface area contributed by atoms with E-state index in [0.29, 0.717) is 0 Å². The third kappa shape index (κ3) is 1.89. The number of fused-ring (bicyclic) bond motifs is 1. The van der Waals surface area contributed by atoms with E-state index in [2.05, 4.69) is 16.9 Å². The van der Waals surface area contributed by atoms with Crippen molar-refractivity contribution in [2.75, 3.05) is 11.9 Å². The van der Waals surface area contributed by atoms with Gasteiger partial charge >= 0.3 is 0 Å². The van der Waals surface area contributed by atoms with Crippen LogP contribution in [0.4, 0.5) is 5.13 Å². The highest BCUT2D eigenvalue weighted by atomic mass is 35.5. The van der Waals surface area contributed by atoms with Crippen LogP contribution in [-0.4, -0.2) is 11.5 Å². The fourth-order valence-corrected chi connectivity index (χ4v) is 2.28. The molecule has 2 rings (SSSR count). The van der Waals surface area contributed by atoms with Gasteiger partial charge in [-0.25, -0.2) is 4.98 Å². The maximum atomic E-state index is 5.87. The van der Waals surface area contributed by atoms with Crippen LogP contribution >= 0.6 is 22.9 Å². The monoisotopic (exact) mass is 224 g/mol. The number of nitrogens with zero attached hydrogens (tertiary/aromatic N) is 1. The van der Waals surface area contributed by atoms with Crippen molar-refractivity contribution in [2.24, 2.45) is 0 Å². The van der Waals surface area contributed by atoms with Crippen LogP contribution in [-0.2, 0) is 0 Å². The number of hydrogen-bond acceptors (Lipinski definition) is 3. The Kier molecular flexibility index (Phi) is 2.70. The summed E-state index contributed by atoms with van der Waals surface area (Å²) in [5.41, 5.74) is 0.978. The first-order valence-corrected chi connectivity index (χ1v) is 5.40. The fourth-order valence-electron chi connectivity index (χ4n) is 1.13. The molecular formula is C10H9ClN2S. The van der Waals surface area contributed by atoms with Crippen LogP contribution in [0.1, 0.15) is 0 Å². The number of nitrogens with one attached hydrogen (secondary N) is 1. The zero-order valence-corrected chi connectivity index (χ0v) is 9.03. The van der Waals surface area contributed by atoms with Gasteiger partial charge in [0.25, 0.3) is 0 Å². The Morgan fingerprint density at radius 1 is 1.57 bits per heavy atom. The van der Waals surface area contributed by atoms with E-state index in [1.165, 1.54) is 0 Å². The van der Waals surface area contributed by atoms with Gasteiger partial charge < -0.3 is 5.32 Å². The van der Waals surface area contributed by atoms with Crippen molar-refractivity contribution in [3.05, 3.63) is 35.9 Å². The van der Waals surface area contributed by atoms with E-state index in [4.69, 9.17) is 11.6 Å². The summed E-state index contributed by atoms with van der Waals surface area (Å²) in [7, 11) is 0. The second-order valence-corrected chi connectivity index (χ2v) is 4.27. The predicted octanol–water partition coefficient (Wildman–Crippen LogP) is 3.55. The largest absolute Gasteiger partial charge is 0.358 e. The van der Waals surface area contributed by atoms with E-state index in [1.807, 2.05) is 18.2 Å². The molecule has 0 atom stereocenters. The summed E-state index contributed by atoms with van der Waals surface area (Å²) < 4.78 is 1.10. The molecule has 0 aliphatic heterocycles. The summed E-state index contributed by atoms with van der Waals surface area (Å²) in [5, 5.41) is 4.80. The van der Waals surface area contributed by atoms with E-state index >= 15 is 0 Å². The van der Waals surface area contributed by atoms with Crippen molar-refractivity contribution in [3.8, 4) is 0 Å². The highest BCUT2D eigenvalue weighted by Crippen LogP contribution is 2.27. The molecule has 1 aromatic heterocycles. The zero-order chi connectivity index (χ0) is 9.97. The molecule has 0 fully saturated rings. The molecule has 72 valence electrons. The van der Waals surface area contributed by atoms with Gasteiger partial charge in [0.15, 0.2) is 5.13 Å². The lowest BCUT2D eigenvalue weighted by atomic mass is 10.3. The Balaban J connectivity index is 2.36. The van der Waals surface area contributed by atoms with Crippen molar-refractivity contribution in [3.63, 3.8) is 0 Å².